The maximum Gasteiger partial charge on any atom is 0.235 e. The monoisotopic (exact) mass is 1500 g/mol. The average Bonchev–Trinajstić information content (AvgIpc) is 1.53. The summed E-state index contributed by atoms with van der Waals surface area (Å²) in [5.41, 5.74) is 31.0. The molecule has 0 atom stereocenters. The third kappa shape index (κ3) is 9.49. The van der Waals surface area contributed by atoms with E-state index in [0.29, 0.717) is 23.4 Å². The van der Waals surface area contributed by atoms with Gasteiger partial charge in [-0.05, 0) is 251 Å². The quantitative estimate of drug-likeness (QED) is 0.151. The van der Waals surface area contributed by atoms with E-state index in [-0.39, 0.29) is 10.8 Å². The fourth-order valence-electron chi connectivity index (χ4n) is 25.8. The predicted octanol–water partition coefficient (Wildman–Crippen LogP) is 27.0. The number of aromatic nitrogens is 7. The van der Waals surface area contributed by atoms with Gasteiger partial charge in [-0.25, -0.2) is 24.9 Å². The number of para-hydroxylation sites is 4. The van der Waals surface area contributed by atoms with Gasteiger partial charge in [-0.15, -0.1) is 0 Å². The molecular weight excluding hydrogens is 1420 g/mol. The highest BCUT2D eigenvalue weighted by Gasteiger charge is 2.63. The molecule has 0 amide bonds. The molecule has 8 heteroatoms. The van der Waals surface area contributed by atoms with Gasteiger partial charge >= 0.3 is 0 Å². The van der Waals surface area contributed by atoms with Crippen molar-refractivity contribution in [2.45, 2.75) is 75.0 Å². The van der Waals surface area contributed by atoms with E-state index in [1.165, 1.54) is 141 Å². The minimum Gasteiger partial charge on any atom is -0.456 e. The van der Waals surface area contributed by atoms with E-state index in [9.17, 15) is 0 Å². The summed E-state index contributed by atoms with van der Waals surface area (Å²) in [6.07, 6.45) is 14.0. The summed E-state index contributed by atoms with van der Waals surface area (Å²) in [5, 5.41) is 8.28. The second-order valence-electron chi connectivity index (χ2n) is 35.3. The molecule has 117 heavy (non-hydrogen) atoms. The van der Waals surface area contributed by atoms with Gasteiger partial charge in [-0.2, -0.15) is 0 Å². The Morgan fingerprint density at radius 2 is 0.658 bits per heavy atom. The molecule has 0 saturated heterocycles. The van der Waals surface area contributed by atoms with Gasteiger partial charge in [-0.3, -0.25) is 4.57 Å². The summed E-state index contributed by atoms with van der Waals surface area (Å²) < 4.78 is 11.1. The van der Waals surface area contributed by atoms with E-state index in [0.717, 1.165) is 125 Å². The molecule has 2 spiro atoms. The van der Waals surface area contributed by atoms with Crippen molar-refractivity contribution in [3.63, 3.8) is 0 Å². The van der Waals surface area contributed by atoms with Crippen LogP contribution in [-0.2, 0) is 10.8 Å². The van der Waals surface area contributed by atoms with E-state index < -0.39 is 0 Å². The SMILES string of the molecule is c1ccc(-c2nc(-c3ccccc3)nc(-c3ccc(-n4c5ccccc5c5c(-c6cccc7c6-c6ccccc6C76C7CC8CC(C7)CC6C8)cccc54)cc3)n2)cc1.c1ccc2c(c1)-c1c(-c3cccc4c3c3ccccc3n4-c3nc(-c4ccc5c(c4)oc4ccccc45)c4ccccc4n3)cccc1C21C2CC3CC(C2)CC1C3. The smallest absolute Gasteiger partial charge is 0.235 e. The van der Waals surface area contributed by atoms with Gasteiger partial charge in [0, 0.05) is 76.5 Å². The molecule has 14 aromatic carbocycles. The maximum atomic E-state index is 6.37. The van der Waals surface area contributed by atoms with Crippen LogP contribution in [0.2, 0.25) is 0 Å². The first kappa shape index (κ1) is 66.1. The second-order valence-corrected chi connectivity index (χ2v) is 35.3. The number of furan rings is 1. The van der Waals surface area contributed by atoms with E-state index >= 15 is 0 Å². The Morgan fingerprint density at radius 1 is 0.265 bits per heavy atom. The molecule has 8 saturated carbocycles. The summed E-state index contributed by atoms with van der Waals surface area (Å²) in [6, 6.07) is 117. The first-order chi connectivity index (χ1) is 57.9. The Balaban J connectivity index is 0.000000128. The minimum absolute atomic E-state index is 0.123. The summed E-state index contributed by atoms with van der Waals surface area (Å²) in [5.74, 6) is 9.26. The summed E-state index contributed by atoms with van der Waals surface area (Å²) >= 11 is 0. The van der Waals surface area contributed by atoms with Gasteiger partial charge in [0.2, 0.25) is 5.95 Å². The van der Waals surface area contributed by atoms with Crippen LogP contribution in [0.1, 0.15) is 86.5 Å². The van der Waals surface area contributed by atoms with Gasteiger partial charge in [0.1, 0.15) is 11.2 Å². The second kappa shape index (κ2) is 25.2. The Hall–Kier alpha value is -13.2. The van der Waals surface area contributed by atoms with Crippen LogP contribution in [0.4, 0.5) is 0 Å². The van der Waals surface area contributed by atoms with Crippen molar-refractivity contribution in [1.29, 1.82) is 0 Å². The highest BCUT2D eigenvalue weighted by atomic mass is 16.3. The van der Waals surface area contributed by atoms with Crippen LogP contribution < -0.4 is 0 Å². The number of hydrogen-bond acceptors (Lipinski definition) is 6. The van der Waals surface area contributed by atoms with Gasteiger partial charge in [0.25, 0.3) is 0 Å². The standard InChI is InChI=1S/C55H42N4.C54H39N3O/c1-3-13-36(14-4-1)52-56-53(37-15-5-2-6-16-37)58-54(57-52)38-25-27-41(28-26-38)59-48-23-10-8-18-45(48)51-43(20-12-24-49(51)59)42-19-11-22-47-50(42)44-17-7-9-21-46(44)55(47)39-30-34-29-35(32-39)33-40(55)31-34;1-5-17-43-40(12-1)50-38(15-9-18-44(50)54(43)34-26-31-25-32(28-34)29-35(54)27-31)39-16-10-21-47-51(39)42-14-3-7-20-46(42)57(47)53-55-45-19-6-2-13-41(45)52(56-53)33-23-24-37-36-11-4-8-22-48(36)58-49(37)30-33/h1-28,34-35,39-40H,29-33H2;1-24,30-32,34-35H,25-29H2. The summed E-state index contributed by atoms with van der Waals surface area (Å²) in [7, 11) is 0. The van der Waals surface area contributed by atoms with E-state index in [1.54, 1.807) is 22.3 Å². The van der Waals surface area contributed by atoms with Crippen LogP contribution in [0.5, 0.6) is 0 Å². The van der Waals surface area contributed by atoms with Gasteiger partial charge in [-0.1, -0.05) is 249 Å². The molecule has 5 heterocycles. The topological polar surface area (TPSA) is 87.5 Å². The van der Waals surface area contributed by atoms with Crippen LogP contribution in [-0.4, -0.2) is 34.1 Å². The van der Waals surface area contributed by atoms with Crippen molar-refractivity contribution in [3.8, 4) is 102 Å². The van der Waals surface area contributed by atoms with Crippen LogP contribution in [0.3, 0.4) is 0 Å². The van der Waals surface area contributed by atoms with Crippen molar-refractivity contribution in [2.75, 3.05) is 0 Å². The maximum absolute atomic E-state index is 6.37. The molecule has 29 rings (SSSR count). The van der Waals surface area contributed by atoms with Crippen molar-refractivity contribution >= 4 is 76.5 Å². The van der Waals surface area contributed by atoms with E-state index in [2.05, 4.69) is 282 Å². The average molecular weight is 1500 g/mol. The molecule has 0 N–H and O–H groups in total. The molecule has 10 aliphatic carbocycles. The molecular formula is C109H81N7O. The highest BCUT2D eigenvalue weighted by molar-refractivity contribution is 6.19. The Kier molecular flexibility index (Phi) is 14.2. The molecule has 0 aliphatic heterocycles. The first-order valence-corrected chi connectivity index (χ1v) is 42.6. The fourth-order valence-corrected chi connectivity index (χ4v) is 25.8. The zero-order valence-corrected chi connectivity index (χ0v) is 64.8. The van der Waals surface area contributed by atoms with Gasteiger partial charge < -0.3 is 8.98 Å². The van der Waals surface area contributed by atoms with Crippen molar-refractivity contribution in [1.82, 2.24) is 34.1 Å². The number of rotatable bonds is 8. The lowest BCUT2D eigenvalue weighted by molar-refractivity contribution is -0.0399. The van der Waals surface area contributed by atoms with Gasteiger partial charge in [0.05, 0.1) is 33.3 Å². The molecule has 19 aromatic rings. The third-order valence-corrected chi connectivity index (χ3v) is 29.7. The van der Waals surface area contributed by atoms with Crippen LogP contribution in [0, 0.1) is 47.3 Å². The predicted molar refractivity (Wildman–Crippen MR) is 474 cm³/mol. The lowest BCUT2D eigenvalue weighted by Crippen LogP contribution is -2.55. The van der Waals surface area contributed by atoms with E-state index in [1.807, 2.05) is 48.5 Å². The normalized spacial score (nSPS) is 22.6. The lowest BCUT2D eigenvalue weighted by atomic mass is 9.43. The molecule has 558 valence electrons. The Morgan fingerprint density at radius 3 is 1.21 bits per heavy atom. The zero-order chi connectivity index (χ0) is 76.3. The Bertz CT molecular complexity index is 7250. The highest BCUT2D eigenvalue weighted by Crippen LogP contribution is 2.72. The number of nitrogens with zero attached hydrogens (tertiary/aromatic N) is 7. The largest absolute Gasteiger partial charge is 0.456 e. The first-order valence-electron chi connectivity index (χ1n) is 42.6. The third-order valence-electron chi connectivity index (χ3n) is 29.7. The fraction of sp³-hybridized carbons (Fsp3) is 0.183. The molecule has 8 nitrogen and oxygen atoms in total. The molecule has 8 fully saturated rings. The molecule has 10 aliphatic rings. The van der Waals surface area contributed by atoms with Crippen molar-refractivity contribution < 1.29 is 4.42 Å². The number of hydrogen-bond donors (Lipinski definition) is 0. The molecule has 8 bridgehead atoms. The molecule has 0 radical (unpaired) electrons. The van der Waals surface area contributed by atoms with Crippen molar-refractivity contribution in [3.05, 3.63) is 344 Å². The number of benzene rings is 14. The van der Waals surface area contributed by atoms with Crippen LogP contribution in [0.15, 0.2) is 326 Å². The van der Waals surface area contributed by atoms with Gasteiger partial charge in [0.15, 0.2) is 17.5 Å². The number of fused-ring (bicyclic) bond motifs is 16. The minimum atomic E-state index is 0.123. The molecule has 5 aromatic heterocycles. The zero-order valence-electron chi connectivity index (χ0n) is 64.8. The Labute approximate surface area is 678 Å². The van der Waals surface area contributed by atoms with Crippen LogP contribution >= 0.6 is 0 Å². The molecule has 0 unspecified atom stereocenters. The van der Waals surface area contributed by atoms with E-state index in [4.69, 9.17) is 29.3 Å². The van der Waals surface area contributed by atoms with Crippen molar-refractivity contribution in [2.24, 2.45) is 47.3 Å². The summed E-state index contributed by atoms with van der Waals surface area (Å²) in [4.78, 5) is 25.7. The lowest BCUT2D eigenvalue weighted by Gasteiger charge is -2.61. The van der Waals surface area contributed by atoms with Crippen LogP contribution in [0.25, 0.3) is 178 Å². The summed E-state index contributed by atoms with van der Waals surface area (Å²) in [6.45, 7) is 0.